The number of halogens is 2. The Kier molecular flexibility index (Phi) is 3.31. The summed E-state index contributed by atoms with van der Waals surface area (Å²) in [7, 11) is 1.39. The van der Waals surface area contributed by atoms with Crippen molar-refractivity contribution in [3.05, 3.63) is 21.9 Å². The first kappa shape index (κ1) is 10.8. The molecule has 14 heavy (non-hydrogen) atoms. The van der Waals surface area contributed by atoms with Crippen LogP contribution in [0.25, 0.3) is 0 Å². The van der Waals surface area contributed by atoms with E-state index in [1.54, 1.807) is 0 Å². The van der Waals surface area contributed by atoms with E-state index in [0.29, 0.717) is 5.56 Å². The lowest BCUT2D eigenvalue weighted by Crippen LogP contribution is -1.94. The normalized spacial score (nSPS) is 9.57. The van der Waals surface area contributed by atoms with Gasteiger partial charge in [-0.05, 0) is 22.0 Å². The number of nitriles is 1. The van der Waals surface area contributed by atoms with Gasteiger partial charge < -0.3 is 9.84 Å². The zero-order chi connectivity index (χ0) is 10.7. The van der Waals surface area contributed by atoms with Gasteiger partial charge in [0.25, 0.3) is 0 Å². The molecule has 0 unspecified atom stereocenters. The molecule has 0 fully saturated rings. The Balaban J connectivity index is 3.37. The highest BCUT2D eigenvalue weighted by Crippen LogP contribution is 2.38. The Labute approximate surface area is 88.9 Å². The predicted molar refractivity (Wildman–Crippen MR) is 51.6 cm³/mol. The minimum absolute atomic E-state index is 0.0268. The van der Waals surface area contributed by atoms with E-state index in [2.05, 4.69) is 15.9 Å². The van der Waals surface area contributed by atoms with Crippen molar-refractivity contribution in [1.29, 1.82) is 5.26 Å². The van der Waals surface area contributed by atoms with Crippen LogP contribution in [0.5, 0.6) is 11.5 Å². The number of methoxy groups -OCH3 is 1. The van der Waals surface area contributed by atoms with Crippen molar-refractivity contribution in [2.45, 2.75) is 6.42 Å². The maximum absolute atomic E-state index is 13.0. The fourth-order valence-electron chi connectivity index (χ4n) is 1.08. The van der Waals surface area contributed by atoms with Gasteiger partial charge in [-0.15, -0.1) is 0 Å². The van der Waals surface area contributed by atoms with Gasteiger partial charge in [-0.1, -0.05) is 0 Å². The van der Waals surface area contributed by atoms with E-state index in [0.717, 1.165) is 6.07 Å². The molecule has 0 bridgehead atoms. The van der Waals surface area contributed by atoms with Crippen molar-refractivity contribution in [1.82, 2.24) is 0 Å². The number of nitrogens with zero attached hydrogens (tertiary/aromatic N) is 1. The number of aromatic hydroxyl groups is 1. The summed E-state index contributed by atoms with van der Waals surface area (Å²) in [6.45, 7) is 0. The molecule has 3 nitrogen and oxygen atoms in total. The van der Waals surface area contributed by atoms with Crippen LogP contribution in [0.15, 0.2) is 10.5 Å². The number of phenolic OH excluding ortho intramolecular Hbond substituents is 1. The molecule has 1 aromatic carbocycles. The van der Waals surface area contributed by atoms with Gasteiger partial charge in [0.2, 0.25) is 0 Å². The lowest BCUT2D eigenvalue weighted by Gasteiger charge is -2.09. The highest BCUT2D eigenvalue weighted by molar-refractivity contribution is 9.10. The van der Waals surface area contributed by atoms with Gasteiger partial charge in [0.1, 0.15) is 10.2 Å². The molecule has 0 amide bonds. The van der Waals surface area contributed by atoms with E-state index < -0.39 is 11.6 Å². The Morgan fingerprint density at radius 1 is 1.71 bits per heavy atom. The molecule has 0 aromatic heterocycles. The lowest BCUT2D eigenvalue weighted by atomic mass is 10.1. The Morgan fingerprint density at radius 3 is 2.86 bits per heavy atom. The maximum Gasteiger partial charge on any atom is 0.169 e. The van der Waals surface area contributed by atoms with Gasteiger partial charge in [-0.2, -0.15) is 5.26 Å². The largest absolute Gasteiger partial charge is 0.504 e. The fraction of sp³-hybridized carbons (Fsp3) is 0.222. The van der Waals surface area contributed by atoms with Crippen molar-refractivity contribution >= 4 is 15.9 Å². The molecule has 1 aromatic rings. The smallest absolute Gasteiger partial charge is 0.169 e. The van der Waals surface area contributed by atoms with Crippen LogP contribution in [0.4, 0.5) is 4.39 Å². The summed E-state index contributed by atoms with van der Waals surface area (Å²) in [5.41, 5.74) is 0.400. The van der Waals surface area contributed by atoms with Crippen LogP contribution < -0.4 is 4.74 Å². The van der Waals surface area contributed by atoms with Crippen LogP contribution in [-0.4, -0.2) is 12.2 Å². The zero-order valence-corrected chi connectivity index (χ0v) is 8.93. The fourth-order valence-corrected chi connectivity index (χ4v) is 1.68. The van der Waals surface area contributed by atoms with E-state index >= 15 is 0 Å². The summed E-state index contributed by atoms with van der Waals surface area (Å²) in [6.07, 6.45) is 0.0268. The quantitative estimate of drug-likeness (QED) is 0.888. The molecule has 0 radical (unpaired) electrons. The van der Waals surface area contributed by atoms with Gasteiger partial charge in [0.05, 0.1) is 19.6 Å². The average molecular weight is 260 g/mol. The minimum Gasteiger partial charge on any atom is -0.504 e. The summed E-state index contributed by atoms with van der Waals surface area (Å²) in [6, 6.07) is 2.97. The van der Waals surface area contributed by atoms with Crippen LogP contribution in [0, 0.1) is 17.1 Å². The second-order valence-corrected chi connectivity index (χ2v) is 3.34. The molecular weight excluding hydrogens is 253 g/mol. The van der Waals surface area contributed by atoms with Crippen molar-refractivity contribution in [2.75, 3.05) is 7.11 Å². The Hall–Kier alpha value is -1.28. The number of ether oxygens (including phenoxy) is 1. The van der Waals surface area contributed by atoms with Crippen molar-refractivity contribution < 1.29 is 14.2 Å². The van der Waals surface area contributed by atoms with Crippen LogP contribution in [0.2, 0.25) is 0 Å². The molecule has 0 heterocycles. The summed E-state index contributed by atoms with van der Waals surface area (Å²) >= 11 is 2.99. The summed E-state index contributed by atoms with van der Waals surface area (Å²) in [5.74, 6) is -1.00. The molecule has 0 atom stereocenters. The van der Waals surface area contributed by atoms with Crippen molar-refractivity contribution in [3.8, 4) is 17.6 Å². The van der Waals surface area contributed by atoms with Gasteiger partial charge in [-0.3, -0.25) is 0 Å². The van der Waals surface area contributed by atoms with E-state index in [9.17, 15) is 9.50 Å². The first-order valence-electron chi connectivity index (χ1n) is 3.72. The molecule has 0 saturated carbocycles. The van der Waals surface area contributed by atoms with Gasteiger partial charge >= 0.3 is 0 Å². The third-order valence-corrected chi connectivity index (χ3v) is 2.44. The highest BCUT2D eigenvalue weighted by Gasteiger charge is 2.16. The van der Waals surface area contributed by atoms with Gasteiger partial charge in [-0.25, -0.2) is 4.39 Å². The number of hydrogen-bond acceptors (Lipinski definition) is 3. The van der Waals surface area contributed by atoms with Crippen LogP contribution in [0.3, 0.4) is 0 Å². The maximum atomic E-state index is 13.0. The zero-order valence-electron chi connectivity index (χ0n) is 7.34. The van der Waals surface area contributed by atoms with E-state index in [4.69, 9.17) is 10.00 Å². The molecule has 1 rings (SSSR count). The monoisotopic (exact) mass is 259 g/mol. The first-order valence-corrected chi connectivity index (χ1v) is 4.52. The van der Waals surface area contributed by atoms with Gasteiger partial charge in [0, 0.05) is 5.56 Å². The summed E-state index contributed by atoms with van der Waals surface area (Å²) in [5, 5.41) is 17.7. The van der Waals surface area contributed by atoms with Crippen molar-refractivity contribution in [3.63, 3.8) is 0 Å². The molecule has 1 N–H and O–H groups in total. The van der Waals surface area contributed by atoms with E-state index in [1.807, 2.05) is 6.07 Å². The third kappa shape index (κ3) is 1.80. The van der Waals surface area contributed by atoms with Gasteiger partial charge in [0.15, 0.2) is 11.6 Å². The average Bonchev–Trinajstić information content (AvgIpc) is 2.16. The Bertz CT molecular complexity index is 401. The standard InChI is InChI=1S/C9H7BrFNO2/c1-14-9-5(2-3-12)4-6(11)8(13)7(9)10/h4,13H,2H2,1H3. The molecule has 5 heteroatoms. The molecule has 74 valence electrons. The molecule has 0 aliphatic carbocycles. The molecule has 0 aliphatic heterocycles. The van der Waals surface area contributed by atoms with Crippen LogP contribution >= 0.6 is 15.9 Å². The predicted octanol–water partition coefficient (Wildman–Crippen LogP) is 2.37. The summed E-state index contributed by atoms with van der Waals surface area (Å²) < 4.78 is 18.1. The molecule has 0 aliphatic rings. The number of phenols is 1. The minimum atomic E-state index is -0.775. The Morgan fingerprint density at radius 2 is 2.36 bits per heavy atom. The highest BCUT2D eigenvalue weighted by atomic mass is 79.9. The third-order valence-electron chi connectivity index (χ3n) is 1.70. The summed E-state index contributed by atoms with van der Waals surface area (Å²) in [4.78, 5) is 0. The number of hydrogen-bond donors (Lipinski definition) is 1. The SMILES string of the molecule is COc1c(CC#N)cc(F)c(O)c1Br. The first-order chi connectivity index (χ1) is 6.61. The molecule has 0 spiro atoms. The molecular formula is C9H7BrFNO2. The van der Waals surface area contributed by atoms with E-state index in [-0.39, 0.29) is 16.6 Å². The second kappa shape index (κ2) is 4.29. The number of rotatable bonds is 2. The lowest BCUT2D eigenvalue weighted by molar-refractivity contribution is 0.388. The number of benzene rings is 1. The topological polar surface area (TPSA) is 53.2 Å². The van der Waals surface area contributed by atoms with Crippen molar-refractivity contribution in [2.24, 2.45) is 0 Å². The second-order valence-electron chi connectivity index (χ2n) is 2.55. The van der Waals surface area contributed by atoms with E-state index in [1.165, 1.54) is 7.11 Å². The molecule has 0 saturated heterocycles. The van der Waals surface area contributed by atoms with Crippen LogP contribution in [-0.2, 0) is 6.42 Å². The van der Waals surface area contributed by atoms with Crippen LogP contribution in [0.1, 0.15) is 5.56 Å².